The fourth-order valence-electron chi connectivity index (χ4n) is 4.15. The third-order valence-corrected chi connectivity index (χ3v) is 5.94. The second kappa shape index (κ2) is 10.1. The summed E-state index contributed by atoms with van der Waals surface area (Å²) in [7, 11) is 3.77. The van der Waals surface area contributed by atoms with E-state index in [9.17, 15) is 4.79 Å². The van der Waals surface area contributed by atoms with Crippen molar-refractivity contribution in [2.75, 3.05) is 34.1 Å². The van der Waals surface area contributed by atoms with Crippen molar-refractivity contribution < 1.29 is 19.0 Å². The van der Waals surface area contributed by atoms with Crippen LogP contribution in [-0.4, -0.2) is 56.8 Å². The van der Waals surface area contributed by atoms with Crippen molar-refractivity contribution in [2.45, 2.75) is 32.2 Å². The average Bonchev–Trinajstić information content (AvgIpc) is 3.31. The van der Waals surface area contributed by atoms with Crippen LogP contribution >= 0.6 is 0 Å². The first-order chi connectivity index (χ1) is 16.0. The Hall–Kier alpha value is -3.32. The average molecular weight is 450 g/mol. The van der Waals surface area contributed by atoms with Crippen LogP contribution < -0.4 is 14.8 Å². The lowest BCUT2D eigenvalue weighted by molar-refractivity contribution is 0.0695. The molecule has 33 heavy (non-hydrogen) atoms. The van der Waals surface area contributed by atoms with E-state index in [1.54, 1.807) is 11.1 Å². The molecule has 0 atom stereocenters. The Balaban J connectivity index is 1.58. The molecule has 0 bridgehead atoms. The number of rotatable bonds is 7. The molecule has 7 nitrogen and oxygen atoms in total. The van der Waals surface area contributed by atoms with Crippen molar-refractivity contribution >= 4 is 11.6 Å². The van der Waals surface area contributed by atoms with Crippen molar-refractivity contribution in [3.63, 3.8) is 0 Å². The molecule has 2 aliphatic heterocycles. The molecule has 4 rings (SSSR count). The number of fused-ring (bicyclic) bond motifs is 1. The van der Waals surface area contributed by atoms with Gasteiger partial charge in [-0.25, -0.2) is 0 Å². The molecule has 2 aromatic carbocycles. The molecule has 2 aliphatic rings. The monoisotopic (exact) mass is 449 g/mol. The number of benzene rings is 2. The molecule has 2 aromatic rings. The van der Waals surface area contributed by atoms with Crippen LogP contribution in [0.2, 0.25) is 0 Å². The van der Waals surface area contributed by atoms with Crippen LogP contribution in [0.3, 0.4) is 0 Å². The smallest absolute Gasteiger partial charge is 0.255 e. The molecule has 0 unspecified atom stereocenters. The number of nitrogens with zero attached hydrogens (tertiary/aromatic N) is 2. The van der Waals surface area contributed by atoms with Crippen LogP contribution in [0.5, 0.6) is 11.5 Å². The van der Waals surface area contributed by atoms with E-state index in [-0.39, 0.29) is 18.7 Å². The highest BCUT2D eigenvalue weighted by Crippen LogP contribution is 2.41. The van der Waals surface area contributed by atoms with Crippen LogP contribution in [0.15, 0.2) is 48.1 Å². The molecule has 0 spiro atoms. The predicted molar refractivity (Wildman–Crippen MR) is 128 cm³/mol. The van der Waals surface area contributed by atoms with Crippen molar-refractivity contribution in [1.29, 1.82) is 0 Å². The van der Waals surface area contributed by atoms with E-state index in [4.69, 9.17) is 14.2 Å². The Morgan fingerprint density at radius 3 is 2.55 bits per heavy atom. The van der Waals surface area contributed by atoms with Crippen LogP contribution in [0, 0.1) is 6.92 Å². The van der Waals surface area contributed by atoms with E-state index in [0.717, 1.165) is 40.8 Å². The van der Waals surface area contributed by atoms with Gasteiger partial charge in [0.25, 0.3) is 5.91 Å². The standard InChI is InChI=1S/C26H31N3O4/c1-5-23(28-29(3)4)19-8-6-18(7-9-19)14-20-15-22(25-24(17(20)2)32-16-33-25)26(30)27-21-10-12-31-13-11-21/h5-9,15,21H,1,10-14,16H2,2-4H3,(H,27,30)/b28-23+. The number of allylic oxidation sites excluding steroid dienone is 1. The lowest BCUT2D eigenvalue weighted by Gasteiger charge is -2.23. The van der Waals surface area contributed by atoms with Gasteiger partial charge in [0, 0.05) is 38.9 Å². The third-order valence-electron chi connectivity index (χ3n) is 5.94. The number of hydrogen-bond donors (Lipinski definition) is 1. The summed E-state index contributed by atoms with van der Waals surface area (Å²) in [6.07, 6.45) is 4.06. The van der Waals surface area contributed by atoms with Crippen molar-refractivity contribution in [1.82, 2.24) is 10.3 Å². The Labute approximate surface area is 195 Å². The molecule has 1 saturated heterocycles. The van der Waals surface area contributed by atoms with Gasteiger partial charge in [-0.2, -0.15) is 5.10 Å². The second-order valence-electron chi connectivity index (χ2n) is 8.54. The molecule has 2 heterocycles. The number of hydrogen-bond acceptors (Lipinski definition) is 6. The van der Waals surface area contributed by atoms with Gasteiger partial charge < -0.3 is 24.5 Å². The molecule has 0 saturated carbocycles. The summed E-state index contributed by atoms with van der Waals surface area (Å²) in [5, 5.41) is 9.35. The maximum Gasteiger partial charge on any atom is 0.255 e. The summed E-state index contributed by atoms with van der Waals surface area (Å²) in [6.45, 7) is 7.35. The molecule has 1 N–H and O–H groups in total. The Morgan fingerprint density at radius 2 is 1.88 bits per heavy atom. The van der Waals surface area contributed by atoms with Crippen LogP contribution in [0.4, 0.5) is 0 Å². The first kappa shape index (κ1) is 22.9. The van der Waals surface area contributed by atoms with Gasteiger partial charge in [-0.05, 0) is 55.0 Å². The molecule has 1 amide bonds. The van der Waals surface area contributed by atoms with Crippen molar-refractivity contribution in [2.24, 2.45) is 5.10 Å². The summed E-state index contributed by atoms with van der Waals surface area (Å²) in [6, 6.07) is 10.3. The topological polar surface area (TPSA) is 72.4 Å². The summed E-state index contributed by atoms with van der Waals surface area (Å²) in [4.78, 5) is 13.1. The minimum Gasteiger partial charge on any atom is -0.453 e. The zero-order chi connectivity index (χ0) is 23.4. The predicted octanol–water partition coefficient (Wildman–Crippen LogP) is 3.68. The fourth-order valence-corrected chi connectivity index (χ4v) is 4.15. The molecule has 0 aromatic heterocycles. The summed E-state index contributed by atoms with van der Waals surface area (Å²) in [5.41, 5.74) is 5.51. The van der Waals surface area contributed by atoms with E-state index in [1.807, 2.05) is 39.2 Å². The summed E-state index contributed by atoms with van der Waals surface area (Å²) in [5.74, 6) is 1.07. The van der Waals surface area contributed by atoms with Gasteiger partial charge >= 0.3 is 0 Å². The Kier molecular flexibility index (Phi) is 6.99. The van der Waals surface area contributed by atoms with Crippen molar-refractivity contribution in [3.05, 3.63) is 70.8 Å². The largest absolute Gasteiger partial charge is 0.453 e. The highest BCUT2D eigenvalue weighted by molar-refractivity contribution is 6.08. The molecule has 7 heteroatoms. The quantitative estimate of drug-likeness (QED) is 0.516. The number of hydrazone groups is 1. The lowest BCUT2D eigenvalue weighted by Crippen LogP contribution is -2.39. The van der Waals surface area contributed by atoms with Crippen LogP contribution in [-0.2, 0) is 11.2 Å². The van der Waals surface area contributed by atoms with Gasteiger partial charge in [-0.1, -0.05) is 30.8 Å². The van der Waals surface area contributed by atoms with E-state index < -0.39 is 0 Å². The minimum atomic E-state index is -0.129. The van der Waals surface area contributed by atoms with E-state index in [2.05, 4.69) is 29.1 Å². The van der Waals surface area contributed by atoms with Crippen molar-refractivity contribution in [3.8, 4) is 11.5 Å². The Bertz CT molecular complexity index is 1050. The number of carbonyl (C=O) groups excluding carboxylic acids is 1. The highest BCUT2D eigenvalue weighted by Gasteiger charge is 2.28. The third kappa shape index (κ3) is 5.20. The van der Waals surface area contributed by atoms with Gasteiger partial charge in [0.1, 0.15) is 0 Å². The first-order valence-electron chi connectivity index (χ1n) is 11.2. The zero-order valence-electron chi connectivity index (χ0n) is 19.5. The fraction of sp³-hybridized carbons (Fsp3) is 0.385. The number of ether oxygens (including phenoxy) is 3. The molecule has 174 valence electrons. The number of amides is 1. The van der Waals surface area contributed by atoms with Crippen LogP contribution in [0.25, 0.3) is 0 Å². The van der Waals surface area contributed by atoms with Gasteiger partial charge in [0.15, 0.2) is 11.5 Å². The summed E-state index contributed by atoms with van der Waals surface area (Å²) < 4.78 is 16.8. The lowest BCUT2D eigenvalue weighted by atomic mass is 9.95. The normalized spacial score (nSPS) is 15.9. The van der Waals surface area contributed by atoms with Gasteiger partial charge in [0.05, 0.1) is 11.3 Å². The van der Waals surface area contributed by atoms with Gasteiger partial charge in [-0.3, -0.25) is 4.79 Å². The minimum absolute atomic E-state index is 0.115. The Morgan fingerprint density at radius 1 is 1.18 bits per heavy atom. The van der Waals surface area contributed by atoms with E-state index in [0.29, 0.717) is 36.7 Å². The zero-order valence-corrected chi connectivity index (χ0v) is 19.5. The maximum absolute atomic E-state index is 13.1. The van der Waals surface area contributed by atoms with Gasteiger partial charge in [-0.15, -0.1) is 0 Å². The molecule has 1 fully saturated rings. The molecule has 0 radical (unpaired) electrons. The number of carbonyl (C=O) groups is 1. The summed E-state index contributed by atoms with van der Waals surface area (Å²) >= 11 is 0. The molecule has 0 aliphatic carbocycles. The molecular formula is C26H31N3O4. The molecular weight excluding hydrogens is 418 g/mol. The van der Waals surface area contributed by atoms with Gasteiger partial charge in [0.2, 0.25) is 6.79 Å². The SMILES string of the molecule is C=C/C(=N\N(C)C)c1ccc(Cc2cc(C(=O)NC3CCOCC3)c3c(c2C)OCO3)cc1. The van der Waals surface area contributed by atoms with E-state index in [1.165, 1.54) is 0 Å². The van der Waals surface area contributed by atoms with E-state index >= 15 is 0 Å². The maximum atomic E-state index is 13.1. The highest BCUT2D eigenvalue weighted by atomic mass is 16.7. The second-order valence-corrected chi connectivity index (χ2v) is 8.54. The number of nitrogens with one attached hydrogen (secondary N) is 1. The van der Waals surface area contributed by atoms with Crippen LogP contribution in [0.1, 0.15) is 45.5 Å². The first-order valence-corrected chi connectivity index (χ1v) is 11.2.